The van der Waals surface area contributed by atoms with Gasteiger partial charge >= 0.3 is 0 Å². The van der Waals surface area contributed by atoms with Crippen LogP contribution in [0, 0.1) is 81.2 Å². The minimum absolute atomic E-state index is 0.826. The van der Waals surface area contributed by atoms with E-state index in [-0.39, 0.29) is 0 Å². The lowest BCUT2D eigenvalue weighted by atomic mass is 9.56. The van der Waals surface area contributed by atoms with Crippen LogP contribution in [0.3, 0.4) is 0 Å². The van der Waals surface area contributed by atoms with Crippen LogP contribution < -0.4 is 0 Å². The molecular formula is C135H240. The van der Waals surface area contributed by atoms with Crippen molar-refractivity contribution in [2.45, 2.75) is 770 Å². The monoisotopic (exact) mass is 1860 g/mol. The van der Waals surface area contributed by atoms with Gasteiger partial charge in [0.05, 0.1) is 0 Å². The Morgan fingerprint density at radius 2 is 0.0815 bits per heavy atom. The molecule has 30 rings (SSSR count). The Morgan fingerprint density at radius 3 is 0.133 bits per heavy atom. The Kier molecular flexibility index (Phi) is 42.9. The van der Waals surface area contributed by atoms with Crippen molar-refractivity contribution in [3.63, 3.8) is 0 Å². The van der Waals surface area contributed by atoms with Gasteiger partial charge in [0, 0.05) is 0 Å². The van der Waals surface area contributed by atoms with Crippen LogP contribution in [0.5, 0.6) is 0 Å². The van der Waals surface area contributed by atoms with E-state index in [2.05, 4.69) is 0 Å². The molecule has 780 valence electrons. The molecule has 0 radical (unpaired) electrons. The Hall–Kier alpha value is 0. The van der Waals surface area contributed by atoms with Gasteiger partial charge in [0.25, 0.3) is 0 Å². The Bertz CT molecular complexity index is 2930. The SMILES string of the molecule is C1CC12CC2.C1CC2(C1)CC2.C1CC2(C1)CCC2.C1CCC2(C1)CC2.C1CCC2(C1)CCC2.C1CCC2(C1)CCCC2.C1CCC2(CC1)CC2.C1CCC2(CC1)CCC2.C1CCC2(CC1)CCCC2.C1CCC2(CC1)CCCCC2.C1CCCC2(CC1)CC2.C1CCCC2(CC1)CCC2.C1CCCC2(CC1)CCCC2.C1CCCC2(CC1)CCCCC2.C1CCCC2(CC1)CCCCCC2. The summed E-state index contributed by atoms with van der Waals surface area (Å²) in [7, 11) is 0. The molecule has 30 aliphatic rings. The van der Waals surface area contributed by atoms with Gasteiger partial charge in [0.1, 0.15) is 0 Å². The second-order valence-corrected chi connectivity index (χ2v) is 58.7. The normalized spacial score (nSPS) is 32.0. The maximum Gasteiger partial charge on any atom is -0.0297 e. The van der Waals surface area contributed by atoms with Gasteiger partial charge in [0.2, 0.25) is 0 Å². The van der Waals surface area contributed by atoms with E-state index < -0.39 is 0 Å². The highest BCUT2D eigenvalue weighted by Gasteiger charge is 2.53. The van der Waals surface area contributed by atoms with Crippen LogP contribution in [-0.4, -0.2) is 0 Å². The third-order valence-corrected chi connectivity index (χ3v) is 48.7. The smallest absolute Gasteiger partial charge is 0.0297 e. The predicted octanol–water partition coefficient (Wildman–Crippen LogP) is 46.8. The van der Waals surface area contributed by atoms with E-state index in [1.54, 1.807) is 385 Å². The molecule has 0 bridgehead atoms. The largest absolute Gasteiger partial charge is 0.0533 e. The Morgan fingerprint density at radius 1 is 0.0370 bits per heavy atom. The van der Waals surface area contributed by atoms with Crippen LogP contribution in [0.2, 0.25) is 0 Å². The number of hydrogen-bond donors (Lipinski definition) is 0. The predicted molar refractivity (Wildman–Crippen MR) is 591 cm³/mol. The van der Waals surface area contributed by atoms with E-state index in [0.717, 1.165) is 81.2 Å². The molecule has 15 spiro atoms. The second-order valence-electron chi connectivity index (χ2n) is 58.7. The second kappa shape index (κ2) is 53.7. The van der Waals surface area contributed by atoms with Crippen molar-refractivity contribution in [3.05, 3.63) is 0 Å². The molecule has 0 aromatic carbocycles. The molecule has 135 heavy (non-hydrogen) atoms. The molecule has 0 aromatic heterocycles. The fourth-order valence-electron chi connectivity index (χ4n) is 36.1. The van der Waals surface area contributed by atoms with Crippen molar-refractivity contribution >= 4 is 0 Å². The lowest BCUT2D eigenvalue weighted by Crippen LogP contribution is -2.35. The van der Waals surface area contributed by atoms with E-state index in [4.69, 9.17) is 0 Å². The standard InChI is InChI=1S/C13H24.C12H22.2C11H20.2C10H18.3C9H16.2C8H14.2C7H12.C6H10.C5H8/c1-2-6-10-13(9-5-1)11-7-3-4-8-12-13;1-2-5-9-12(8-4-1)10-6-3-7-11-12;1-3-7-11(8-4-1)9-5-2-6-10-11;1-2-4-8-11(7-3-1)9-5-6-10-11;1-2-6-10(7-3-1)8-4-5-9-10;1-2-4-7-10(6-3-1)8-5-9-10;1-2-6-9(5-1)7-3-4-8-9;1-2-5-9(6-3-1)7-4-8-9;1-2-4-6-9(5-3-1)7-8-9;1-2-5-8(4-1)6-3-7-8;1-2-4-8(5-3-1)6-7-8;1-3-7(4-1)5-2-6-7;1-2-4-7(3-1)5-6-7;1-2-6(3-1)4-5-6;1-2-5(1)3-4-5/h1-12H2;1-11H2;2*1-10H2;2*1-9H2;3*1-8H2;2*1-7H2;2*1-6H2;1-5H2;1-4H2. The van der Waals surface area contributed by atoms with Gasteiger partial charge in [-0.05, 0) is 466 Å². The van der Waals surface area contributed by atoms with Crippen LogP contribution >= 0.6 is 0 Å². The average molecular weight is 1860 g/mol. The summed E-state index contributed by atoms with van der Waals surface area (Å²) in [6.45, 7) is 0. The first-order valence-electron chi connectivity index (χ1n) is 66.2. The summed E-state index contributed by atoms with van der Waals surface area (Å²) in [4.78, 5) is 0. The minimum atomic E-state index is 0.826. The summed E-state index contributed by atoms with van der Waals surface area (Å²) in [5, 5.41) is 0. The van der Waals surface area contributed by atoms with Crippen molar-refractivity contribution in [1.82, 2.24) is 0 Å². The molecule has 0 atom stereocenters. The van der Waals surface area contributed by atoms with Crippen molar-refractivity contribution in [3.8, 4) is 0 Å². The van der Waals surface area contributed by atoms with Gasteiger partial charge in [-0.3, -0.25) is 0 Å². The maximum atomic E-state index is 1.56. The van der Waals surface area contributed by atoms with Crippen molar-refractivity contribution in [2.75, 3.05) is 0 Å². The highest BCUT2D eigenvalue weighted by molar-refractivity contribution is 5.05. The molecule has 0 N–H and O–H groups in total. The number of hydrogen-bond acceptors (Lipinski definition) is 0. The van der Waals surface area contributed by atoms with Crippen molar-refractivity contribution in [1.29, 1.82) is 0 Å². The Balaban J connectivity index is 0.000000105. The third-order valence-electron chi connectivity index (χ3n) is 48.7. The lowest BCUT2D eigenvalue weighted by Gasteiger charge is -2.49. The summed E-state index contributed by atoms with van der Waals surface area (Å²) in [6, 6.07) is 0. The average Bonchev–Trinajstić information content (AvgIpc) is 1.59. The summed E-state index contributed by atoms with van der Waals surface area (Å²) >= 11 is 0. The number of rotatable bonds is 0. The zero-order valence-electron chi connectivity index (χ0n) is 92.4. The molecule has 30 saturated carbocycles. The molecule has 0 heterocycles. The fraction of sp³-hybridized carbons (Fsp3) is 1.00. The lowest BCUT2D eigenvalue weighted by molar-refractivity contribution is 0.0314. The molecule has 0 aliphatic heterocycles. The quantitative estimate of drug-likeness (QED) is 0.227. The third kappa shape index (κ3) is 35.1. The van der Waals surface area contributed by atoms with Crippen LogP contribution in [0.1, 0.15) is 770 Å². The van der Waals surface area contributed by atoms with Crippen LogP contribution in [0.4, 0.5) is 0 Å². The first-order valence-corrected chi connectivity index (χ1v) is 66.2. The zero-order valence-corrected chi connectivity index (χ0v) is 92.4. The minimum Gasteiger partial charge on any atom is -0.0533 e. The summed E-state index contributed by atoms with van der Waals surface area (Å²) in [6.07, 6.45) is 185. The molecule has 0 aromatic rings. The van der Waals surface area contributed by atoms with Gasteiger partial charge in [-0.1, -0.05) is 385 Å². The zero-order chi connectivity index (χ0) is 92.4. The van der Waals surface area contributed by atoms with Crippen molar-refractivity contribution in [2.24, 2.45) is 81.2 Å². The van der Waals surface area contributed by atoms with Crippen LogP contribution in [0.15, 0.2) is 0 Å². The molecule has 30 fully saturated rings. The van der Waals surface area contributed by atoms with Crippen LogP contribution in [0.25, 0.3) is 0 Å². The fourth-order valence-corrected chi connectivity index (χ4v) is 36.1. The molecule has 0 heteroatoms. The van der Waals surface area contributed by atoms with Crippen molar-refractivity contribution < 1.29 is 0 Å². The van der Waals surface area contributed by atoms with E-state index in [1.807, 2.05) is 0 Å². The maximum absolute atomic E-state index is 1.56. The molecule has 0 saturated heterocycles. The van der Waals surface area contributed by atoms with Gasteiger partial charge in [0.15, 0.2) is 0 Å². The van der Waals surface area contributed by atoms with Gasteiger partial charge < -0.3 is 0 Å². The van der Waals surface area contributed by atoms with Gasteiger partial charge in [-0.15, -0.1) is 0 Å². The summed E-state index contributed by atoms with van der Waals surface area (Å²) in [5.41, 5.74) is 13.6. The highest BCUT2D eigenvalue weighted by Crippen LogP contribution is 2.67. The molecule has 0 amide bonds. The molecule has 30 aliphatic carbocycles. The molecule has 0 unspecified atom stereocenters. The van der Waals surface area contributed by atoms with Gasteiger partial charge in [-0.25, -0.2) is 0 Å². The first kappa shape index (κ1) is 108. The Labute approximate surface area is 846 Å². The highest BCUT2D eigenvalue weighted by atomic mass is 14.6. The topological polar surface area (TPSA) is 0 Å². The summed E-state index contributed by atoms with van der Waals surface area (Å²) in [5.74, 6) is 0. The van der Waals surface area contributed by atoms with E-state index >= 15 is 0 Å². The molecular weight excluding hydrogens is 1620 g/mol. The molecule has 0 nitrogen and oxygen atoms in total. The first-order chi connectivity index (χ1) is 66.2. The van der Waals surface area contributed by atoms with E-state index in [9.17, 15) is 0 Å². The van der Waals surface area contributed by atoms with Gasteiger partial charge in [-0.2, -0.15) is 0 Å². The van der Waals surface area contributed by atoms with E-state index in [1.165, 1.54) is 385 Å². The van der Waals surface area contributed by atoms with Crippen LogP contribution in [-0.2, 0) is 0 Å². The summed E-state index contributed by atoms with van der Waals surface area (Å²) < 4.78 is 0. The van der Waals surface area contributed by atoms with E-state index in [0.29, 0.717) is 0 Å².